The van der Waals surface area contributed by atoms with Gasteiger partial charge < -0.3 is 5.32 Å². The molecule has 1 aromatic carbocycles. The second-order valence-electron chi connectivity index (χ2n) is 7.19. The van der Waals surface area contributed by atoms with E-state index in [-0.39, 0.29) is 16.7 Å². The predicted octanol–water partition coefficient (Wildman–Crippen LogP) is 3.96. The maximum absolute atomic E-state index is 12.3. The number of thioether (sulfide) groups is 1. The second kappa shape index (κ2) is 5.88. The van der Waals surface area contributed by atoms with Crippen LogP contribution in [-0.2, 0) is 10.3 Å². The molecule has 0 unspecified atom stereocenters. The van der Waals surface area contributed by atoms with Crippen LogP contribution in [0.1, 0.15) is 37.1 Å². The molecule has 2 aromatic heterocycles. The summed E-state index contributed by atoms with van der Waals surface area (Å²) in [5.74, 6) is 1.21. The maximum atomic E-state index is 12.3. The van der Waals surface area contributed by atoms with Gasteiger partial charge in [-0.15, -0.1) is 11.8 Å². The normalized spacial score (nSPS) is 17.9. The highest BCUT2D eigenvalue weighted by atomic mass is 32.2. The highest BCUT2D eigenvalue weighted by Gasteiger charge is 2.31. The molecule has 0 radical (unpaired) electrons. The monoisotopic (exact) mass is 352 g/mol. The van der Waals surface area contributed by atoms with Crippen molar-refractivity contribution < 1.29 is 4.79 Å². The quantitative estimate of drug-likeness (QED) is 0.720. The molecular weight excluding hydrogens is 332 g/mol. The second-order valence-corrected chi connectivity index (χ2v) is 8.29. The molecule has 1 N–H and O–H groups in total. The lowest BCUT2D eigenvalue weighted by Gasteiger charge is -2.23. The molecule has 0 saturated carbocycles. The van der Waals surface area contributed by atoms with Crippen LogP contribution in [0, 0.1) is 0 Å². The van der Waals surface area contributed by atoms with Crippen LogP contribution >= 0.6 is 11.8 Å². The Balaban J connectivity index is 1.92. The standard InChI is InChI=1S/C19H20N4OS/c1-19(2,3)23-18-14(10-21-23)17(25-11-15(24)22-18)13-8-4-6-12-7-5-9-20-16(12)13/h4-10,17H,11H2,1-3H3,(H,22,24)/t17-/m0/s1. The van der Waals surface area contributed by atoms with E-state index in [4.69, 9.17) is 0 Å². The Morgan fingerprint density at radius 3 is 2.80 bits per heavy atom. The average Bonchev–Trinajstić information content (AvgIpc) is 2.92. The summed E-state index contributed by atoms with van der Waals surface area (Å²) in [5.41, 5.74) is 2.92. The van der Waals surface area contributed by atoms with Crippen molar-refractivity contribution in [3.8, 4) is 0 Å². The third kappa shape index (κ3) is 2.80. The van der Waals surface area contributed by atoms with Crippen LogP contribution in [0.2, 0.25) is 0 Å². The van der Waals surface area contributed by atoms with Gasteiger partial charge in [-0.05, 0) is 32.4 Å². The third-order valence-corrected chi connectivity index (χ3v) is 5.57. The molecule has 0 bridgehead atoms. The lowest BCUT2D eigenvalue weighted by atomic mass is 10.0. The Hall–Kier alpha value is -2.34. The molecule has 0 fully saturated rings. The summed E-state index contributed by atoms with van der Waals surface area (Å²) in [4.78, 5) is 16.9. The molecule has 3 heterocycles. The first-order valence-corrected chi connectivity index (χ1v) is 9.33. The Morgan fingerprint density at radius 1 is 1.20 bits per heavy atom. The van der Waals surface area contributed by atoms with E-state index in [1.54, 1.807) is 11.8 Å². The number of rotatable bonds is 1. The molecule has 1 aliphatic heterocycles. The molecule has 4 rings (SSSR count). The summed E-state index contributed by atoms with van der Waals surface area (Å²) in [7, 11) is 0. The smallest absolute Gasteiger partial charge is 0.235 e. The minimum atomic E-state index is -0.211. The van der Waals surface area contributed by atoms with Crippen LogP contribution in [-0.4, -0.2) is 26.4 Å². The molecule has 3 aromatic rings. The number of carbonyl (C=O) groups is 1. The first-order chi connectivity index (χ1) is 11.9. The van der Waals surface area contributed by atoms with Gasteiger partial charge in [0, 0.05) is 17.1 Å². The minimum absolute atomic E-state index is 0.00736. The first kappa shape index (κ1) is 16.1. The largest absolute Gasteiger partial charge is 0.310 e. The van der Waals surface area contributed by atoms with Gasteiger partial charge in [-0.3, -0.25) is 9.78 Å². The van der Waals surface area contributed by atoms with Gasteiger partial charge in [-0.1, -0.05) is 24.3 Å². The first-order valence-electron chi connectivity index (χ1n) is 8.28. The number of aromatic nitrogens is 3. The number of fused-ring (bicyclic) bond motifs is 2. The van der Waals surface area contributed by atoms with E-state index in [0.717, 1.165) is 27.8 Å². The number of amides is 1. The van der Waals surface area contributed by atoms with Gasteiger partial charge in [0.15, 0.2) is 0 Å². The number of anilines is 1. The van der Waals surface area contributed by atoms with E-state index < -0.39 is 0 Å². The van der Waals surface area contributed by atoms with Gasteiger partial charge in [0.1, 0.15) is 5.82 Å². The number of pyridine rings is 1. The van der Waals surface area contributed by atoms with E-state index in [1.807, 2.05) is 29.2 Å². The molecule has 25 heavy (non-hydrogen) atoms. The van der Waals surface area contributed by atoms with E-state index in [2.05, 4.69) is 54.4 Å². The Labute approximate surface area is 150 Å². The molecule has 1 atom stereocenters. The van der Waals surface area contributed by atoms with Crippen molar-refractivity contribution in [2.45, 2.75) is 31.6 Å². The van der Waals surface area contributed by atoms with Crippen molar-refractivity contribution in [3.63, 3.8) is 0 Å². The van der Waals surface area contributed by atoms with Crippen molar-refractivity contribution in [2.75, 3.05) is 11.1 Å². The lowest BCUT2D eigenvalue weighted by Crippen LogP contribution is -2.27. The summed E-state index contributed by atoms with van der Waals surface area (Å²) in [6, 6.07) is 10.2. The average molecular weight is 352 g/mol. The number of nitrogens with one attached hydrogen (secondary N) is 1. The number of benzene rings is 1. The van der Waals surface area contributed by atoms with E-state index >= 15 is 0 Å². The van der Waals surface area contributed by atoms with Crippen molar-refractivity contribution >= 4 is 34.4 Å². The van der Waals surface area contributed by atoms with Crippen molar-refractivity contribution in [1.82, 2.24) is 14.8 Å². The van der Waals surface area contributed by atoms with Crippen molar-refractivity contribution in [3.05, 3.63) is 53.9 Å². The third-order valence-electron chi connectivity index (χ3n) is 4.30. The molecule has 6 heteroatoms. The molecule has 1 amide bonds. The zero-order valence-corrected chi connectivity index (χ0v) is 15.3. The predicted molar refractivity (Wildman–Crippen MR) is 102 cm³/mol. The van der Waals surface area contributed by atoms with Crippen LogP contribution in [0.4, 0.5) is 5.82 Å². The lowest BCUT2D eigenvalue weighted by molar-refractivity contribution is -0.113. The van der Waals surface area contributed by atoms with E-state index in [1.165, 1.54) is 0 Å². The highest BCUT2D eigenvalue weighted by Crippen LogP contribution is 2.44. The number of carbonyl (C=O) groups excluding carboxylic acids is 1. The Morgan fingerprint density at radius 2 is 2.00 bits per heavy atom. The Bertz CT molecular complexity index is 952. The topological polar surface area (TPSA) is 59.8 Å². The van der Waals surface area contributed by atoms with Crippen LogP contribution in [0.3, 0.4) is 0 Å². The molecule has 0 spiro atoms. The number of nitrogens with zero attached hydrogens (tertiary/aromatic N) is 3. The number of hydrogen-bond donors (Lipinski definition) is 1. The fraction of sp³-hybridized carbons (Fsp3) is 0.316. The van der Waals surface area contributed by atoms with Gasteiger partial charge >= 0.3 is 0 Å². The fourth-order valence-electron chi connectivity index (χ4n) is 3.20. The number of hydrogen-bond acceptors (Lipinski definition) is 4. The van der Waals surface area contributed by atoms with Gasteiger partial charge in [0.2, 0.25) is 5.91 Å². The zero-order chi connectivity index (χ0) is 17.6. The zero-order valence-electron chi connectivity index (χ0n) is 14.5. The highest BCUT2D eigenvalue weighted by molar-refractivity contribution is 8.00. The number of para-hydroxylation sites is 1. The van der Waals surface area contributed by atoms with Crippen LogP contribution in [0.25, 0.3) is 10.9 Å². The van der Waals surface area contributed by atoms with Gasteiger partial charge in [-0.2, -0.15) is 5.10 Å². The van der Waals surface area contributed by atoms with Gasteiger partial charge in [0.05, 0.1) is 28.3 Å². The van der Waals surface area contributed by atoms with Gasteiger partial charge in [0.25, 0.3) is 0 Å². The molecule has 0 saturated heterocycles. The molecule has 1 aliphatic rings. The van der Waals surface area contributed by atoms with E-state index in [0.29, 0.717) is 5.75 Å². The molecule has 5 nitrogen and oxygen atoms in total. The molecule has 128 valence electrons. The van der Waals surface area contributed by atoms with Crippen LogP contribution in [0.5, 0.6) is 0 Å². The van der Waals surface area contributed by atoms with Crippen LogP contribution < -0.4 is 5.32 Å². The van der Waals surface area contributed by atoms with Crippen molar-refractivity contribution in [2.24, 2.45) is 0 Å². The van der Waals surface area contributed by atoms with Crippen molar-refractivity contribution in [1.29, 1.82) is 0 Å². The minimum Gasteiger partial charge on any atom is -0.310 e. The summed E-state index contributed by atoms with van der Waals surface area (Å²) in [6.07, 6.45) is 3.70. The molecular formula is C19H20N4OS. The van der Waals surface area contributed by atoms with E-state index in [9.17, 15) is 4.79 Å². The Kier molecular flexibility index (Phi) is 3.80. The van der Waals surface area contributed by atoms with Crippen LogP contribution in [0.15, 0.2) is 42.7 Å². The summed E-state index contributed by atoms with van der Waals surface area (Å²) >= 11 is 1.62. The summed E-state index contributed by atoms with van der Waals surface area (Å²) in [6.45, 7) is 6.25. The summed E-state index contributed by atoms with van der Waals surface area (Å²) < 4.78 is 1.90. The molecule has 0 aliphatic carbocycles. The maximum Gasteiger partial charge on any atom is 0.235 e. The summed E-state index contributed by atoms with van der Waals surface area (Å²) in [5, 5.41) is 8.74. The fourth-order valence-corrected chi connectivity index (χ4v) is 4.31. The SMILES string of the molecule is CC(C)(C)n1ncc2c1NC(=O)CS[C@H]2c1cccc2cccnc12. The van der Waals surface area contributed by atoms with Gasteiger partial charge in [-0.25, -0.2) is 4.68 Å².